The lowest BCUT2D eigenvalue weighted by Gasteiger charge is -2.25. The van der Waals surface area contributed by atoms with Crippen LogP contribution in [0.1, 0.15) is 57.4 Å². The SMILES string of the molecule is COc1cc(Cl)c(F)c2[nH]c(C(=O)N[C@@H](CC(C)(C)F)C(=O)N[C@H](C#N)C[C@@H]3CC(C)(C)NC3=O)cc12. The van der Waals surface area contributed by atoms with Crippen molar-refractivity contribution in [3.63, 3.8) is 0 Å². The molecule has 9 nitrogen and oxygen atoms in total. The molecule has 200 valence electrons. The summed E-state index contributed by atoms with van der Waals surface area (Å²) in [5.74, 6) is -2.84. The number of hydrogen-bond donors (Lipinski definition) is 4. The van der Waals surface area contributed by atoms with E-state index in [2.05, 4.69) is 20.9 Å². The first-order chi connectivity index (χ1) is 17.1. The van der Waals surface area contributed by atoms with E-state index < -0.39 is 53.3 Å². The fraction of sp³-hybridized carbons (Fsp3) is 0.520. The minimum absolute atomic E-state index is 0.0661. The van der Waals surface area contributed by atoms with Gasteiger partial charge in [0.25, 0.3) is 5.91 Å². The minimum atomic E-state index is -1.85. The number of carbonyl (C=O) groups is 3. The largest absolute Gasteiger partial charge is 0.496 e. The van der Waals surface area contributed by atoms with Gasteiger partial charge < -0.3 is 25.7 Å². The second kappa shape index (κ2) is 10.5. The molecule has 1 aromatic carbocycles. The van der Waals surface area contributed by atoms with Crippen molar-refractivity contribution in [1.29, 1.82) is 5.26 Å². The lowest BCUT2D eigenvalue weighted by atomic mass is 9.91. The summed E-state index contributed by atoms with van der Waals surface area (Å²) in [6, 6.07) is 2.16. The van der Waals surface area contributed by atoms with E-state index >= 15 is 0 Å². The van der Waals surface area contributed by atoms with Crippen molar-refractivity contribution in [3.05, 3.63) is 28.7 Å². The summed E-state index contributed by atoms with van der Waals surface area (Å²) in [6.45, 7) is 6.22. The van der Waals surface area contributed by atoms with Crippen LogP contribution in [0.3, 0.4) is 0 Å². The number of nitrogens with zero attached hydrogens (tertiary/aromatic N) is 1. The maximum atomic E-state index is 14.6. The van der Waals surface area contributed by atoms with Crippen LogP contribution in [0.2, 0.25) is 5.02 Å². The summed E-state index contributed by atoms with van der Waals surface area (Å²) in [4.78, 5) is 40.9. The van der Waals surface area contributed by atoms with Crippen LogP contribution in [0.5, 0.6) is 5.75 Å². The van der Waals surface area contributed by atoms with Crippen molar-refractivity contribution in [2.24, 2.45) is 5.92 Å². The van der Waals surface area contributed by atoms with Crippen LogP contribution in [0.15, 0.2) is 12.1 Å². The molecular weight excluding hydrogens is 508 g/mol. The zero-order valence-electron chi connectivity index (χ0n) is 21.2. The zero-order valence-corrected chi connectivity index (χ0v) is 22.0. The van der Waals surface area contributed by atoms with Gasteiger partial charge in [0.15, 0.2) is 5.82 Å². The number of nitrogens with one attached hydrogen (secondary N) is 4. The van der Waals surface area contributed by atoms with Gasteiger partial charge in [0.1, 0.15) is 29.2 Å². The molecule has 1 aromatic heterocycles. The maximum Gasteiger partial charge on any atom is 0.268 e. The smallest absolute Gasteiger partial charge is 0.268 e. The molecule has 0 radical (unpaired) electrons. The first-order valence-corrected chi connectivity index (χ1v) is 12.1. The van der Waals surface area contributed by atoms with Crippen molar-refractivity contribution < 1.29 is 27.9 Å². The van der Waals surface area contributed by atoms with Crippen LogP contribution < -0.4 is 20.7 Å². The highest BCUT2D eigenvalue weighted by Gasteiger charge is 2.39. The van der Waals surface area contributed by atoms with Crippen LogP contribution in [0.25, 0.3) is 10.9 Å². The van der Waals surface area contributed by atoms with Crippen LogP contribution in [-0.2, 0) is 9.59 Å². The topological polar surface area (TPSA) is 136 Å². The monoisotopic (exact) mass is 537 g/mol. The second-order valence-corrected chi connectivity index (χ2v) is 10.9. The van der Waals surface area contributed by atoms with Gasteiger partial charge in [0.05, 0.1) is 23.7 Å². The highest BCUT2D eigenvalue weighted by atomic mass is 35.5. The van der Waals surface area contributed by atoms with E-state index in [0.29, 0.717) is 6.42 Å². The number of ether oxygens (including phenoxy) is 1. The van der Waals surface area contributed by atoms with Crippen LogP contribution in [0, 0.1) is 23.1 Å². The minimum Gasteiger partial charge on any atom is -0.496 e. The summed E-state index contributed by atoms with van der Waals surface area (Å²) in [7, 11) is 1.36. The summed E-state index contributed by atoms with van der Waals surface area (Å²) >= 11 is 5.88. The number of aromatic nitrogens is 1. The number of carbonyl (C=O) groups excluding carboxylic acids is 3. The number of H-pyrrole nitrogens is 1. The van der Waals surface area contributed by atoms with E-state index in [9.17, 15) is 28.4 Å². The fourth-order valence-corrected chi connectivity index (χ4v) is 4.70. The first-order valence-electron chi connectivity index (χ1n) is 11.7. The van der Waals surface area contributed by atoms with E-state index in [1.54, 1.807) is 0 Å². The Morgan fingerprint density at radius 2 is 2.03 bits per heavy atom. The number of alkyl halides is 1. The molecular formula is C25H30ClF2N5O4. The van der Waals surface area contributed by atoms with Gasteiger partial charge in [-0.25, -0.2) is 8.78 Å². The number of methoxy groups -OCH3 is 1. The molecule has 1 aliphatic rings. The average molecular weight is 538 g/mol. The standard InChI is InChI=1S/C25H30ClF2N5O4/c1-24(2,28)10-17(23(36)30-13(11-29)6-12-9-25(3,4)33-21(12)34)32-22(35)16-7-14-18(37-5)8-15(26)19(27)20(14)31-16/h7-8,12-13,17,31H,6,9-10H2,1-5H3,(H,30,36)(H,32,35)(H,33,34)/t12-,13+,17+/m1/s1. The second-order valence-electron chi connectivity index (χ2n) is 10.5. The number of hydrogen-bond acceptors (Lipinski definition) is 5. The quantitative estimate of drug-likeness (QED) is 0.388. The van der Waals surface area contributed by atoms with Crippen molar-refractivity contribution in [2.45, 2.75) is 70.2 Å². The molecule has 1 fully saturated rings. The van der Waals surface area contributed by atoms with Gasteiger partial charge in [0.2, 0.25) is 11.8 Å². The van der Waals surface area contributed by atoms with E-state index in [4.69, 9.17) is 16.3 Å². The number of rotatable bonds is 9. The highest BCUT2D eigenvalue weighted by Crippen LogP contribution is 2.33. The Kier molecular flexibility index (Phi) is 8.03. The Morgan fingerprint density at radius 1 is 1.35 bits per heavy atom. The van der Waals surface area contributed by atoms with E-state index in [1.165, 1.54) is 33.1 Å². The molecule has 0 unspecified atom stereocenters. The number of amides is 3. The maximum absolute atomic E-state index is 14.6. The normalized spacial score (nSPS) is 18.6. The van der Waals surface area contributed by atoms with Gasteiger partial charge in [-0.3, -0.25) is 14.4 Å². The molecule has 0 aliphatic carbocycles. The third-order valence-corrected chi connectivity index (χ3v) is 6.40. The predicted molar refractivity (Wildman–Crippen MR) is 133 cm³/mol. The molecule has 4 N–H and O–H groups in total. The zero-order chi connectivity index (χ0) is 27.7. The Morgan fingerprint density at radius 3 is 2.57 bits per heavy atom. The molecule has 0 saturated carbocycles. The molecule has 0 bridgehead atoms. The Hall–Kier alpha value is -3.39. The van der Waals surface area contributed by atoms with Crippen molar-refractivity contribution in [1.82, 2.24) is 20.9 Å². The van der Waals surface area contributed by atoms with Crippen molar-refractivity contribution in [3.8, 4) is 11.8 Å². The van der Waals surface area contributed by atoms with Crippen molar-refractivity contribution >= 4 is 40.2 Å². The fourth-order valence-electron chi connectivity index (χ4n) is 4.51. The predicted octanol–water partition coefficient (Wildman–Crippen LogP) is 3.52. The van der Waals surface area contributed by atoms with Gasteiger partial charge in [0, 0.05) is 29.3 Å². The number of fused-ring (bicyclic) bond motifs is 1. The Labute approximate surface area is 218 Å². The van der Waals surface area contributed by atoms with Gasteiger partial charge >= 0.3 is 0 Å². The Bertz CT molecular complexity index is 1260. The van der Waals surface area contributed by atoms with Gasteiger partial charge in [-0.05, 0) is 46.6 Å². The number of aromatic amines is 1. The summed E-state index contributed by atoms with van der Waals surface area (Å²) in [5.41, 5.74) is -2.45. The molecule has 1 aliphatic heterocycles. The summed E-state index contributed by atoms with van der Waals surface area (Å²) < 4.78 is 34.3. The molecule has 3 atom stereocenters. The molecule has 37 heavy (non-hydrogen) atoms. The van der Waals surface area contributed by atoms with Crippen molar-refractivity contribution in [2.75, 3.05) is 7.11 Å². The van der Waals surface area contributed by atoms with Gasteiger partial charge in [-0.1, -0.05) is 11.6 Å². The molecule has 12 heteroatoms. The van der Waals surface area contributed by atoms with E-state index in [0.717, 1.165) is 0 Å². The number of nitriles is 1. The first kappa shape index (κ1) is 28.2. The van der Waals surface area contributed by atoms with E-state index in [1.807, 2.05) is 19.9 Å². The number of halogens is 3. The van der Waals surface area contributed by atoms with Crippen LogP contribution in [0.4, 0.5) is 8.78 Å². The summed E-state index contributed by atoms with van der Waals surface area (Å²) in [5, 5.41) is 17.4. The third-order valence-electron chi connectivity index (χ3n) is 6.13. The highest BCUT2D eigenvalue weighted by molar-refractivity contribution is 6.31. The van der Waals surface area contributed by atoms with Crippen LogP contribution in [-0.4, -0.2) is 53.1 Å². The molecule has 2 heterocycles. The molecule has 3 rings (SSSR count). The molecule has 3 amide bonds. The third kappa shape index (κ3) is 6.68. The van der Waals surface area contributed by atoms with Gasteiger partial charge in [-0.2, -0.15) is 5.26 Å². The van der Waals surface area contributed by atoms with Crippen LogP contribution >= 0.6 is 11.6 Å². The summed E-state index contributed by atoms with van der Waals surface area (Å²) in [6.07, 6.45) is 0.157. The Balaban J connectivity index is 1.79. The molecule has 0 spiro atoms. The molecule has 1 saturated heterocycles. The molecule has 2 aromatic rings. The van der Waals surface area contributed by atoms with E-state index in [-0.39, 0.29) is 39.7 Å². The van der Waals surface area contributed by atoms with Gasteiger partial charge in [-0.15, -0.1) is 0 Å². The average Bonchev–Trinajstić information content (AvgIpc) is 3.34. The number of benzene rings is 1. The lowest BCUT2D eigenvalue weighted by molar-refractivity contribution is -0.126. The lowest BCUT2D eigenvalue weighted by Crippen LogP contribution is -2.51.